The first-order valence-electron chi connectivity index (χ1n) is 7.56. The SMILES string of the molecule is O=C1CCC(C(=O)N2CCC(NC(=O)c3ccco3)CC2)N1. The molecule has 7 nitrogen and oxygen atoms in total. The van der Waals surface area contributed by atoms with Gasteiger partial charge in [-0.2, -0.15) is 0 Å². The fraction of sp³-hybridized carbons (Fsp3) is 0.533. The second-order valence-corrected chi connectivity index (χ2v) is 5.71. The normalized spacial score (nSPS) is 22.5. The van der Waals surface area contributed by atoms with Crippen molar-refractivity contribution in [2.75, 3.05) is 13.1 Å². The number of hydrogen-bond donors (Lipinski definition) is 2. The van der Waals surface area contributed by atoms with E-state index in [0.29, 0.717) is 44.5 Å². The van der Waals surface area contributed by atoms with Gasteiger partial charge in [0.25, 0.3) is 5.91 Å². The topological polar surface area (TPSA) is 91.7 Å². The van der Waals surface area contributed by atoms with Gasteiger partial charge in [-0.15, -0.1) is 0 Å². The lowest BCUT2D eigenvalue weighted by Crippen LogP contribution is -2.51. The zero-order valence-corrected chi connectivity index (χ0v) is 12.2. The summed E-state index contributed by atoms with van der Waals surface area (Å²) >= 11 is 0. The molecule has 118 valence electrons. The summed E-state index contributed by atoms with van der Waals surface area (Å²) in [6.07, 6.45) is 3.88. The predicted molar refractivity (Wildman–Crippen MR) is 76.9 cm³/mol. The van der Waals surface area contributed by atoms with Crippen molar-refractivity contribution in [1.82, 2.24) is 15.5 Å². The molecule has 1 atom stereocenters. The molecule has 2 saturated heterocycles. The lowest BCUT2D eigenvalue weighted by Gasteiger charge is -2.33. The van der Waals surface area contributed by atoms with Crippen LogP contribution in [0.4, 0.5) is 0 Å². The summed E-state index contributed by atoms with van der Waals surface area (Å²) in [4.78, 5) is 37.1. The van der Waals surface area contributed by atoms with Crippen molar-refractivity contribution in [3.63, 3.8) is 0 Å². The van der Waals surface area contributed by atoms with Gasteiger partial charge in [0.05, 0.1) is 6.26 Å². The first kappa shape index (κ1) is 14.6. The van der Waals surface area contributed by atoms with E-state index in [9.17, 15) is 14.4 Å². The Bertz CT molecular complexity index is 561. The first-order valence-corrected chi connectivity index (χ1v) is 7.56. The van der Waals surface area contributed by atoms with Crippen molar-refractivity contribution in [2.45, 2.75) is 37.8 Å². The number of likely N-dealkylation sites (tertiary alicyclic amines) is 1. The van der Waals surface area contributed by atoms with Crippen LogP contribution in [0.15, 0.2) is 22.8 Å². The summed E-state index contributed by atoms with van der Waals surface area (Å²) in [6, 6.07) is 2.96. The van der Waals surface area contributed by atoms with Crippen LogP contribution in [0.5, 0.6) is 0 Å². The predicted octanol–water partition coefficient (Wildman–Crippen LogP) is 0.279. The van der Waals surface area contributed by atoms with Gasteiger partial charge in [-0.25, -0.2) is 0 Å². The van der Waals surface area contributed by atoms with E-state index >= 15 is 0 Å². The minimum atomic E-state index is -0.373. The van der Waals surface area contributed by atoms with Crippen molar-refractivity contribution in [2.24, 2.45) is 0 Å². The number of furan rings is 1. The van der Waals surface area contributed by atoms with Crippen LogP contribution in [0, 0.1) is 0 Å². The molecule has 0 spiro atoms. The van der Waals surface area contributed by atoms with E-state index in [1.165, 1.54) is 6.26 Å². The number of rotatable bonds is 3. The maximum atomic E-state index is 12.3. The highest BCUT2D eigenvalue weighted by Crippen LogP contribution is 2.16. The third-order valence-corrected chi connectivity index (χ3v) is 4.18. The van der Waals surface area contributed by atoms with Crippen molar-refractivity contribution >= 4 is 17.7 Å². The lowest BCUT2D eigenvalue weighted by atomic mass is 10.0. The van der Waals surface area contributed by atoms with Gasteiger partial charge in [0, 0.05) is 25.6 Å². The van der Waals surface area contributed by atoms with Gasteiger partial charge in [0.1, 0.15) is 6.04 Å². The number of carbonyl (C=O) groups is 3. The number of nitrogens with zero attached hydrogens (tertiary/aromatic N) is 1. The minimum absolute atomic E-state index is 0.0124. The fourth-order valence-electron chi connectivity index (χ4n) is 2.93. The van der Waals surface area contributed by atoms with Crippen LogP contribution in [-0.4, -0.2) is 47.8 Å². The van der Waals surface area contributed by atoms with Crippen LogP contribution in [0.1, 0.15) is 36.2 Å². The first-order chi connectivity index (χ1) is 10.6. The van der Waals surface area contributed by atoms with Gasteiger partial charge < -0.3 is 20.0 Å². The zero-order valence-electron chi connectivity index (χ0n) is 12.2. The number of hydrogen-bond acceptors (Lipinski definition) is 4. The smallest absolute Gasteiger partial charge is 0.287 e. The summed E-state index contributed by atoms with van der Waals surface area (Å²) < 4.78 is 5.06. The lowest BCUT2D eigenvalue weighted by molar-refractivity contribution is -0.135. The van der Waals surface area contributed by atoms with Gasteiger partial charge in [-0.1, -0.05) is 0 Å². The van der Waals surface area contributed by atoms with Crippen molar-refractivity contribution in [3.05, 3.63) is 24.2 Å². The second kappa shape index (κ2) is 6.21. The van der Waals surface area contributed by atoms with E-state index in [2.05, 4.69) is 10.6 Å². The van der Waals surface area contributed by atoms with Crippen molar-refractivity contribution < 1.29 is 18.8 Å². The largest absolute Gasteiger partial charge is 0.459 e. The molecule has 0 bridgehead atoms. The molecule has 1 aromatic heterocycles. The Kier molecular flexibility index (Phi) is 4.13. The third-order valence-electron chi connectivity index (χ3n) is 4.18. The summed E-state index contributed by atoms with van der Waals surface area (Å²) in [7, 11) is 0. The molecule has 0 aromatic carbocycles. The summed E-state index contributed by atoms with van der Waals surface area (Å²) in [5, 5.41) is 5.62. The minimum Gasteiger partial charge on any atom is -0.459 e. The van der Waals surface area contributed by atoms with Crippen molar-refractivity contribution in [3.8, 4) is 0 Å². The number of piperidine rings is 1. The van der Waals surface area contributed by atoms with E-state index in [0.717, 1.165) is 0 Å². The molecule has 2 N–H and O–H groups in total. The van der Waals surface area contributed by atoms with Gasteiger partial charge in [0.15, 0.2) is 5.76 Å². The van der Waals surface area contributed by atoms with Gasteiger partial charge in [-0.05, 0) is 31.4 Å². The fourth-order valence-corrected chi connectivity index (χ4v) is 2.93. The second-order valence-electron chi connectivity index (χ2n) is 5.71. The number of amides is 3. The van der Waals surface area contributed by atoms with Crippen LogP contribution in [-0.2, 0) is 9.59 Å². The summed E-state index contributed by atoms with van der Waals surface area (Å²) in [6.45, 7) is 1.18. The molecule has 2 fully saturated rings. The molecule has 2 aliphatic rings. The molecule has 0 aliphatic carbocycles. The summed E-state index contributed by atoms with van der Waals surface area (Å²) in [5.41, 5.74) is 0. The molecule has 3 heterocycles. The van der Waals surface area contributed by atoms with Crippen LogP contribution in [0.2, 0.25) is 0 Å². The molecule has 0 saturated carbocycles. The molecule has 22 heavy (non-hydrogen) atoms. The molecule has 3 amide bonds. The average Bonchev–Trinajstić information content (AvgIpc) is 3.18. The van der Waals surface area contributed by atoms with Crippen LogP contribution < -0.4 is 10.6 Å². The molecular weight excluding hydrogens is 286 g/mol. The average molecular weight is 305 g/mol. The Morgan fingerprint density at radius 3 is 2.64 bits per heavy atom. The Labute approximate surface area is 128 Å². The number of carbonyl (C=O) groups excluding carboxylic acids is 3. The zero-order chi connectivity index (χ0) is 15.5. The Hall–Kier alpha value is -2.31. The maximum Gasteiger partial charge on any atom is 0.287 e. The molecular formula is C15H19N3O4. The maximum absolute atomic E-state index is 12.3. The van der Waals surface area contributed by atoms with E-state index in [4.69, 9.17) is 4.42 Å². The van der Waals surface area contributed by atoms with E-state index < -0.39 is 0 Å². The van der Waals surface area contributed by atoms with E-state index in [1.807, 2.05) is 0 Å². The van der Waals surface area contributed by atoms with Gasteiger partial charge in [-0.3, -0.25) is 14.4 Å². The monoisotopic (exact) mass is 305 g/mol. The molecule has 2 aliphatic heterocycles. The Morgan fingerprint density at radius 2 is 2.05 bits per heavy atom. The van der Waals surface area contributed by atoms with Gasteiger partial charge in [0.2, 0.25) is 11.8 Å². The van der Waals surface area contributed by atoms with E-state index in [-0.39, 0.29) is 29.8 Å². The summed E-state index contributed by atoms with van der Waals surface area (Å²) in [5.74, 6) is 0.00520. The Balaban J connectivity index is 1.47. The van der Waals surface area contributed by atoms with Crippen LogP contribution in [0.25, 0.3) is 0 Å². The highest BCUT2D eigenvalue weighted by Gasteiger charge is 2.33. The van der Waals surface area contributed by atoms with Crippen LogP contribution in [0.3, 0.4) is 0 Å². The van der Waals surface area contributed by atoms with Gasteiger partial charge >= 0.3 is 0 Å². The molecule has 1 unspecified atom stereocenters. The Morgan fingerprint density at radius 1 is 1.27 bits per heavy atom. The quantitative estimate of drug-likeness (QED) is 0.839. The molecule has 3 rings (SSSR count). The van der Waals surface area contributed by atoms with Crippen LogP contribution >= 0.6 is 0 Å². The van der Waals surface area contributed by atoms with E-state index in [1.54, 1.807) is 17.0 Å². The standard InChI is InChI=1S/C15H19N3O4/c19-13-4-3-11(17-13)15(21)18-7-5-10(6-8-18)16-14(20)12-2-1-9-22-12/h1-2,9-11H,3-8H2,(H,16,20)(H,17,19). The highest BCUT2D eigenvalue weighted by molar-refractivity contribution is 5.92. The molecule has 7 heteroatoms. The van der Waals surface area contributed by atoms with Crippen molar-refractivity contribution in [1.29, 1.82) is 0 Å². The molecule has 1 aromatic rings. The molecule has 0 radical (unpaired) electrons. The third kappa shape index (κ3) is 3.13. The highest BCUT2D eigenvalue weighted by atomic mass is 16.3. The number of nitrogens with one attached hydrogen (secondary N) is 2.